The van der Waals surface area contributed by atoms with Gasteiger partial charge < -0.3 is 0 Å². The molecule has 0 fully saturated rings. The number of hydrogen-bond donors (Lipinski definition) is 1. The lowest BCUT2D eigenvalue weighted by atomic mass is 10.2. The molecule has 0 unspecified atom stereocenters. The van der Waals surface area contributed by atoms with E-state index < -0.39 is 10.0 Å². The first-order chi connectivity index (χ1) is 12.9. The predicted octanol–water partition coefficient (Wildman–Crippen LogP) is 3.95. The molecule has 144 valence electrons. The summed E-state index contributed by atoms with van der Waals surface area (Å²) in [5.41, 5.74) is 1.80. The highest BCUT2D eigenvalue weighted by molar-refractivity contribution is 7.98. The van der Waals surface area contributed by atoms with E-state index in [9.17, 15) is 13.2 Å². The Morgan fingerprint density at radius 2 is 2.00 bits per heavy atom. The third-order valence-corrected chi connectivity index (χ3v) is 7.80. The van der Waals surface area contributed by atoms with Crippen LogP contribution in [0.1, 0.15) is 12.5 Å². The lowest BCUT2D eigenvalue weighted by Gasteiger charge is -2.08. The molecule has 0 amide bonds. The van der Waals surface area contributed by atoms with Crippen molar-refractivity contribution in [3.8, 4) is 0 Å². The predicted molar refractivity (Wildman–Crippen MR) is 115 cm³/mol. The SMILES string of the molecule is CCn1c(=O)sc2cc(S(=O)(=O)NCCSCc3ccccc3Cl)ccc21. The fourth-order valence-corrected chi connectivity index (χ4v) is 6.04. The highest BCUT2D eigenvalue weighted by Gasteiger charge is 2.16. The zero-order valence-corrected chi connectivity index (χ0v) is 17.8. The second-order valence-corrected chi connectivity index (χ2v) is 10.1. The van der Waals surface area contributed by atoms with Crippen molar-refractivity contribution in [2.24, 2.45) is 0 Å². The Kier molecular flexibility index (Phi) is 6.65. The van der Waals surface area contributed by atoms with Crippen molar-refractivity contribution in [3.63, 3.8) is 0 Å². The Bertz CT molecular complexity index is 1110. The van der Waals surface area contributed by atoms with Gasteiger partial charge in [-0.2, -0.15) is 11.8 Å². The number of halogens is 1. The van der Waals surface area contributed by atoms with Crippen LogP contribution in [0, 0.1) is 0 Å². The largest absolute Gasteiger partial charge is 0.308 e. The average molecular weight is 443 g/mol. The van der Waals surface area contributed by atoms with Crippen LogP contribution in [0.25, 0.3) is 10.2 Å². The molecule has 3 aromatic rings. The number of nitrogens with zero attached hydrogens (tertiary/aromatic N) is 1. The van der Waals surface area contributed by atoms with Crippen molar-refractivity contribution in [1.29, 1.82) is 0 Å². The number of thiazole rings is 1. The van der Waals surface area contributed by atoms with Gasteiger partial charge in [0.25, 0.3) is 0 Å². The van der Waals surface area contributed by atoms with E-state index in [1.54, 1.807) is 34.5 Å². The maximum Gasteiger partial charge on any atom is 0.308 e. The van der Waals surface area contributed by atoms with Crippen LogP contribution in [0.4, 0.5) is 0 Å². The molecule has 2 aromatic carbocycles. The number of fused-ring (bicyclic) bond motifs is 1. The molecule has 0 saturated heterocycles. The summed E-state index contributed by atoms with van der Waals surface area (Å²) in [7, 11) is -3.61. The molecule has 0 atom stereocenters. The first-order valence-electron chi connectivity index (χ1n) is 8.36. The monoisotopic (exact) mass is 442 g/mol. The summed E-state index contributed by atoms with van der Waals surface area (Å²) in [4.78, 5) is 12.0. The molecule has 3 rings (SSSR count). The Hall–Kier alpha value is -1.32. The number of sulfonamides is 1. The first-order valence-corrected chi connectivity index (χ1v) is 12.2. The molecule has 5 nitrogen and oxygen atoms in total. The lowest BCUT2D eigenvalue weighted by Crippen LogP contribution is -2.26. The summed E-state index contributed by atoms with van der Waals surface area (Å²) >= 11 is 8.79. The van der Waals surface area contributed by atoms with E-state index in [1.807, 2.05) is 31.2 Å². The molecular formula is C18H19ClN2O3S3. The Morgan fingerprint density at radius 1 is 1.22 bits per heavy atom. The van der Waals surface area contributed by atoms with Crippen molar-refractivity contribution >= 4 is 54.9 Å². The summed E-state index contributed by atoms with van der Waals surface area (Å²) in [5.74, 6) is 1.36. The van der Waals surface area contributed by atoms with E-state index >= 15 is 0 Å². The van der Waals surface area contributed by atoms with Crippen molar-refractivity contribution in [2.75, 3.05) is 12.3 Å². The number of benzene rings is 2. The fraction of sp³-hybridized carbons (Fsp3) is 0.278. The molecule has 0 aliphatic rings. The highest BCUT2D eigenvalue weighted by Crippen LogP contribution is 2.22. The number of rotatable bonds is 8. The zero-order valence-electron chi connectivity index (χ0n) is 14.6. The van der Waals surface area contributed by atoms with Crippen LogP contribution in [-0.4, -0.2) is 25.3 Å². The van der Waals surface area contributed by atoms with Crippen molar-refractivity contribution in [3.05, 3.63) is 62.7 Å². The van der Waals surface area contributed by atoms with Gasteiger partial charge in [-0.25, -0.2) is 13.1 Å². The van der Waals surface area contributed by atoms with Gasteiger partial charge in [0, 0.05) is 29.6 Å². The van der Waals surface area contributed by atoms with E-state index in [2.05, 4.69) is 4.72 Å². The van der Waals surface area contributed by atoms with Crippen molar-refractivity contribution in [2.45, 2.75) is 24.1 Å². The van der Waals surface area contributed by atoms with E-state index in [4.69, 9.17) is 11.6 Å². The maximum absolute atomic E-state index is 12.5. The van der Waals surface area contributed by atoms with Crippen LogP contribution in [0.15, 0.2) is 52.2 Å². The maximum atomic E-state index is 12.5. The van der Waals surface area contributed by atoms with Crippen LogP contribution in [-0.2, 0) is 22.3 Å². The van der Waals surface area contributed by atoms with E-state index in [1.165, 1.54) is 0 Å². The van der Waals surface area contributed by atoms with Gasteiger partial charge in [-0.3, -0.25) is 9.36 Å². The molecule has 0 aliphatic carbocycles. The van der Waals surface area contributed by atoms with E-state index in [0.29, 0.717) is 23.5 Å². The van der Waals surface area contributed by atoms with E-state index in [0.717, 1.165) is 33.2 Å². The molecular weight excluding hydrogens is 424 g/mol. The number of hydrogen-bond acceptors (Lipinski definition) is 5. The van der Waals surface area contributed by atoms with Crippen LogP contribution in [0.3, 0.4) is 0 Å². The van der Waals surface area contributed by atoms with Crippen LogP contribution < -0.4 is 9.60 Å². The first kappa shape index (κ1) is 20.4. The quantitative estimate of drug-likeness (QED) is 0.536. The smallest absolute Gasteiger partial charge is 0.299 e. The summed E-state index contributed by atoms with van der Waals surface area (Å²) in [6.45, 7) is 2.77. The van der Waals surface area contributed by atoms with Gasteiger partial charge in [-0.1, -0.05) is 41.1 Å². The van der Waals surface area contributed by atoms with Crippen molar-refractivity contribution in [1.82, 2.24) is 9.29 Å². The molecule has 0 aliphatic heterocycles. The van der Waals surface area contributed by atoms with Gasteiger partial charge in [-0.15, -0.1) is 0 Å². The summed E-state index contributed by atoms with van der Waals surface area (Å²) in [6.07, 6.45) is 0. The lowest BCUT2D eigenvalue weighted by molar-refractivity contribution is 0.584. The fourth-order valence-electron chi connectivity index (χ4n) is 2.64. The van der Waals surface area contributed by atoms with Crippen LogP contribution >= 0.6 is 34.7 Å². The number of aromatic nitrogens is 1. The molecule has 9 heteroatoms. The number of thioether (sulfide) groups is 1. The van der Waals surface area contributed by atoms with Crippen molar-refractivity contribution < 1.29 is 8.42 Å². The van der Waals surface area contributed by atoms with Crippen LogP contribution in [0.2, 0.25) is 5.02 Å². The average Bonchev–Trinajstić information content (AvgIpc) is 2.97. The zero-order chi connectivity index (χ0) is 19.4. The Labute approximate surface area is 171 Å². The standard InChI is InChI=1S/C18H19ClN2O3S3/c1-2-21-16-8-7-14(11-17(16)26-18(21)22)27(23,24)20-9-10-25-12-13-5-3-4-6-15(13)19/h3-8,11,20H,2,9-10,12H2,1H3. The highest BCUT2D eigenvalue weighted by atomic mass is 35.5. The third kappa shape index (κ3) is 4.75. The van der Waals surface area contributed by atoms with Gasteiger partial charge in [0.1, 0.15) is 0 Å². The van der Waals surface area contributed by atoms with Crippen LogP contribution in [0.5, 0.6) is 0 Å². The minimum absolute atomic E-state index is 0.0778. The van der Waals surface area contributed by atoms with Gasteiger partial charge in [0.05, 0.1) is 15.1 Å². The van der Waals surface area contributed by atoms with Gasteiger partial charge in [-0.05, 0) is 36.8 Å². The molecule has 1 heterocycles. The van der Waals surface area contributed by atoms with Gasteiger partial charge in [0.15, 0.2) is 0 Å². The molecule has 27 heavy (non-hydrogen) atoms. The Morgan fingerprint density at radius 3 is 2.74 bits per heavy atom. The minimum atomic E-state index is -3.61. The second kappa shape index (κ2) is 8.79. The number of nitrogens with one attached hydrogen (secondary N) is 1. The normalized spacial score (nSPS) is 11.9. The molecule has 1 N–H and O–H groups in total. The molecule has 0 saturated carbocycles. The summed E-state index contributed by atoms with van der Waals surface area (Å²) in [6, 6.07) is 12.4. The molecule has 0 bridgehead atoms. The minimum Gasteiger partial charge on any atom is -0.299 e. The molecule has 1 aromatic heterocycles. The molecule has 0 radical (unpaired) electrons. The van der Waals surface area contributed by atoms with Gasteiger partial charge in [0.2, 0.25) is 10.0 Å². The summed E-state index contributed by atoms with van der Waals surface area (Å²) in [5, 5.41) is 0.719. The Balaban J connectivity index is 1.60. The molecule has 0 spiro atoms. The second-order valence-electron chi connectivity index (χ2n) is 5.78. The van der Waals surface area contributed by atoms with Gasteiger partial charge >= 0.3 is 4.87 Å². The topological polar surface area (TPSA) is 68.2 Å². The summed E-state index contributed by atoms with van der Waals surface area (Å²) < 4.78 is 29.9. The third-order valence-electron chi connectivity index (χ3n) is 4.02. The van der Waals surface area contributed by atoms with E-state index in [-0.39, 0.29) is 9.77 Å². The number of aryl methyl sites for hydroxylation is 1.